The van der Waals surface area contributed by atoms with Crippen LogP contribution >= 0.6 is 11.6 Å². The first kappa shape index (κ1) is 13.8. The van der Waals surface area contributed by atoms with Crippen LogP contribution in [-0.4, -0.2) is 21.9 Å². The van der Waals surface area contributed by atoms with Crippen LogP contribution in [0.4, 0.5) is 4.39 Å². The molecule has 102 valence electrons. The van der Waals surface area contributed by atoms with Gasteiger partial charge >= 0.3 is 0 Å². The Morgan fingerprint density at radius 1 is 1.26 bits per heavy atom. The molecule has 0 bridgehead atoms. The molecule has 0 aliphatic heterocycles. The molecular weight excluding hydrogens is 269 g/mol. The first-order chi connectivity index (χ1) is 8.84. The highest BCUT2D eigenvalue weighted by molar-refractivity contribution is 6.28. The number of benzene rings is 1. The van der Waals surface area contributed by atoms with E-state index in [9.17, 15) is 4.39 Å². The van der Waals surface area contributed by atoms with Crippen molar-refractivity contribution in [3.05, 3.63) is 35.1 Å². The zero-order valence-corrected chi connectivity index (χ0v) is 12.0. The maximum absolute atomic E-state index is 13.3. The average molecular weight is 284 g/mol. The summed E-state index contributed by atoms with van der Waals surface area (Å²) >= 11 is 6.09. The highest BCUT2D eigenvalue weighted by Gasteiger charge is 2.25. The van der Waals surface area contributed by atoms with Gasteiger partial charge in [-0.05, 0) is 23.7 Å². The molecule has 0 amide bonds. The Kier molecular flexibility index (Phi) is 3.49. The monoisotopic (exact) mass is 283 g/mol. The molecule has 1 aromatic carbocycles. The minimum Gasteiger partial charge on any atom is -0.494 e. The second kappa shape index (κ2) is 4.81. The summed E-state index contributed by atoms with van der Waals surface area (Å²) in [5, 5.41) is 8.20. The molecule has 0 unspecified atom stereocenters. The zero-order valence-electron chi connectivity index (χ0n) is 11.2. The quantitative estimate of drug-likeness (QED) is 0.848. The van der Waals surface area contributed by atoms with Gasteiger partial charge < -0.3 is 4.74 Å². The Balaban J connectivity index is 2.69. The van der Waals surface area contributed by atoms with E-state index in [0.29, 0.717) is 17.3 Å². The zero-order chi connectivity index (χ0) is 14.2. The van der Waals surface area contributed by atoms with Crippen LogP contribution in [0.2, 0.25) is 5.28 Å². The first-order valence-corrected chi connectivity index (χ1v) is 6.17. The van der Waals surface area contributed by atoms with Gasteiger partial charge in [0.2, 0.25) is 5.28 Å². The van der Waals surface area contributed by atoms with Gasteiger partial charge in [-0.1, -0.05) is 20.8 Å². The molecule has 0 atom stereocenters. The molecule has 4 nitrogen and oxygen atoms in total. The molecule has 0 saturated heterocycles. The molecule has 2 aromatic rings. The topological polar surface area (TPSA) is 39.9 Å². The Morgan fingerprint density at radius 3 is 2.53 bits per heavy atom. The lowest BCUT2D eigenvalue weighted by Gasteiger charge is -2.20. The van der Waals surface area contributed by atoms with Gasteiger partial charge in [-0.3, -0.25) is 4.57 Å². The lowest BCUT2D eigenvalue weighted by atomic mass is 9.95. The van der Waals surface area contributed by atoms with Crippen molar-refractivity contribution in [1.29, 1.82) is 0 Å². The minimum absolute atomic E-state index is 0.217. The van der Waals surface area contributed by atoms with Gasteiger partial charge in [0, 0.05) is 11.5 Å². The van der Waals surface area contributed by atoms with Gasteiger partial charge in [-0.15, -0.1) is 10.2 Å². The van der Waals surface area contributed by atoms with E-state index in [0.717, 1.165) is 0 Å². The molecule has 2 rings (SSSR count). The molecular formula is C13H15ClFN3O. The van der Waals surface area contributed by atoms with Gasteiger partial charge in [0.15, 0.2) is 0 Å². The molecule has 6 heteroatoms. The molecule has 0 radical (unpaired) electrons. The summed E-state index contributed by atoms with van der Waals surface area (Å²) in [4.78, 5) is 0. The smallest absolute Gasteiger partial charge is 0.229 e. The van der Waals surface area contributed by atoms with Gasteiger partial charge in [0.1, 0.15) is 17.4 Å². The number of hydrogen-bond acceptors (Lipinski definition) is 3. The van der Waals surface area contributed by atoms with E-state index in [1.54, 1.807) is 10.6 Å². The fraction of sp³-hybridized carbons (Fsp3) is 0.385. The highest BCUT2D eigenvalue weighted by atomic mass is 35.5. The van der Waals surface area contributed by atoms with E-state index in [-0.39, 0.29) is 16.5 Å². The van der Waals surface area contributed by atoms with Crippen molar-refractivity contribution in [3.8, 4) is 11.4 Å². The summed E-state index contributed by atoms with van der Waals surface area (Å²) in [6.45, 7) is 6.00. The molecule has 0 aliphatic rings. The number of aromatic nitrogens is 3. The van der Waals surface area contributed by atoms with Gasteiger partial charge in [0.05, 0.1) is 12.8 Å². The number of rotatable bonds is 2. The number of nitrogens with zero attached hydrogens (tertiary/aromatic N) is 3. The summed E-state index contributed by atoms with van der Waals surface area (Å²) in [7, 11) is 1.48. The third-order valence-electron chi connectivity index (χ3n) is 2.68. The highest BCUT2D eigenvalue weighted by Crippen LogP contribution is 2.31. The summed E-state index contributed by atoms with van der Waals surface area (Å²) in [5.74, 6) is 0.691. The van der Waals surface area contributed by atoms with E-state index in [4.69, 9.17) is 16.3 Å². The van der Waals surface area contributed by atoms with Crippen LogP contribution in [0.5, 0.6) is 5.75 Å². The number of halogens is 2. The fourth-order valence-corrected chi connectivity index (χ4v) is 2.01. The number of ether oxygens (including phenoxy) is 1. The van der Waals surface area contributed by atoms with Crippen molar-refractivity contribution in [1.82, 2.24) is 14.8 Å². The van der Waals surface area contributed by atoms with Crippen molar-refractivity contribution in [3.63, 3.8) is 0 Å². The molecule has 0 N–H and O–H groups in total. The molecule has 1 aromatic heterocycles. The van der Waals surface area contributed by atoms with E-state index >= 15 is 0 Å². The van der Waals surface area contributed by atoms with Crippen molar-refractivity contribution in [2.24, 2.45) is 0 Å². The average Bonchev–Trinajstić information content (AvgIpc) is 2.71. The van der Waals surface area contributed by atoms with Crippen LogP contribution in [0, 0.1) is 5.82 Å². The molecule has 0 spiro atoms. The van der Waals surface area contributed by atoms with Crippen LogP contribution in [-0.2, 0) is 5.41 Å². The van der Waals surface area contributed by atoms with Crippen molar-refractivity contribution in [2.45, 2.75) is 26.2 Å². The van der Waals surface area contributed by atoms with E-state index in [1.807, 2.05) is 20.8 Å². The Bertz CT molecular complexity index is 604. The molecule has 0 fully saturated rings. The number of hydrogen-bond donors (Lipinski definition) is 0. The van der Waals surface area contributed by atoms with Crippen LogP contribution in [0.1, 0.15) is 26.6 Å². The van der Waals surface area contributed by atoms with Crippen molar-refractivity contribution < 1.29 is 9.13 Å². The van der Waals surface area contributed by atoms with Crippen LogP contribution in [0.3, 0.4) is 0 Å². The van der Waals surface area contributed by atoms with Crippen LogP contribution in [0.25, 0.3) is 5.69 Å². The van der Waals surface area contributed by atoms with E-state index < -0.39 is 0 Å². The molecule has 0 aliphatic carbocycles. The third-order valence-corrected chi connectivity index (χ3v) is 2.92. The summed E-state index contributed by atoms with van der Waals surface area (Å²) < 4.78 is 20.1. The standard InChI is InChI=1S/C13H15ClFN3O/c1-13(2,3)11-16-17-12(14)18(11)9-6-5-8(15)7-10(9)19-4/h5-7H,1-4H3. The predicted octanol–water partition coefficient (Wildman–Crippen LogP) is 3.37. The lowest BCUT2D eigenvalue weighted by Crippen LogP contribution is -2.18. The maximum atomic E-state index is 13.3. The Labute approximate surface area is 116 Å². The van der Waals surface area contributed by atoms with Gasteiger partial charge in [-0.2, -0.15) is 0 Å². The SMILES string of the molecule is COc1cc(F)ccc1-n1c(Cl)nnc1C(C)(C)C. The molecule has 1 heterocycles. The van der Waals surface area contributed by atoms with Crippen molar-refractivity contribution >= 4 is 11.6 Å². The molecule has 0 saturated carbocycles. The van der Waals surface area contributed by atoms with Gasteiger partial charge in [0.25, 0.3) is 0 Å². The summed E-state index contributed by atoms with van der Waals surface area (Å²) in [6, 6.07) is 4.25. The molecule has 19 heavy (non-hydrogen) atoms. The predicted molar refractivity (Wildman–Crippen MR) is 71.6 cm³/mol. The lowest BCUT2D eigenvalue weighted by molar-refractivity contribution is 0.408. The van der Waals surface area contributed by atoms with Crippen molar-refractivity contribution in [2.75, 3.05) is 7.11 Å². The fourth-order valence-electron chi connectivity index (χ4n) is 1.80. The second-order valence-electron chi connectivity index (χ2n) is 5.19. The Morgan fingerprint density at radius 2 is 1.95 bits per heavy atom. The van der Waals surface area contributed by atoms with Gasteiger partial charge in [-0.25, -0.2) is 4.39 Å². The Hall–Kier alpha value is -1.62. The first-order valence-electron chi connectivity index (χ1n) is 5.80. The number of methoxy groups -OCH3 is 1. The second-order valence-corrected chi connectivity index (χ2v) is 5.53. The maximum Gasteiger partial charge on any atom is 0.229 e. The summed E-state index contributed by atoms with van der Waals surface area (Å²) in [6.07, 6.45) is 0. The minimum atomic E-state index is -0.373. The van der Waals surface area contributed by atoms with Crippen LogP contribution in [0.15, 0.2) is 18.2 Å². The third kappa shape index (κ3) is 2.56. The normalized spacial score (nSPS) is 11.7. The summed E-state index contributed by atoms with van der Waals surface area (Å²) in [5.41, 5.74) is 0.364. The largest absolute Gasteiger partial charge is 0.494 e. The van der Waals surface area contributed by atoms with E-state index in [1.165, 1.54) is 19.2 Å². The van der Waals surface area contributed by atoms with E-state index in [2.05, 4.69) is 10.2 Å². The van der Waals surface area contributed by atoms with Crippen LogP contribution < -0.4 is 4.74 Å².